The molecule has 0 bridgehead atoms. The monoisotopic (exact) mass is 165 g/mol. The van der Waals surface area contributed by atoms with Crippen LogP contribution in [0.1, 0.15) is 19.3 Å². The van der Waals surface area contributed by atoms with Crippen LogP contribution < -0.4 is 5.73 Å². The van der Waals surface area contributed by atoms with Crippen LogP contribution in [0.3, 0.4) is 0 Å². The first-order chi connectivity index (χ1) is 5.18. The topological polar surface area (TPSA) is 35.2 Å². The Hall–Kier alpha value is -0.220. The van der Waals surface area contributed by atoms with Gasteiger partial charge in [0.15, 0.2) is 0 Å². The molecule has 0 spiro atoms. The SMILES string of the molecule is NCC1(COC(F)F)CCC1. The van der Waals surface area contributed by atoms with E-state index < -0.39 is 6.61 Å². The number of hydrogen-bond acceptors (Lipinski definition) is 2. The van der Waals surface area contributed by atoms with Gasteiger partial charge < -0.3 is 10.5 Å². The molecule has 0 unspecified atom stereocenters. The number of halogens is 2. The molecule has 0 atom stereocenters. The molecule has 0 heterocycles. The van der Waals surface area contributed by atoms with E-state index in [0.717, 1.165) is 19.3 Å². The fraction of sp³-hybridized carbons (Fsp3) is 1.00. The average molecular weight is 165 g/mol. The summed E-state index contributed by atoms with van der Waals surface area (Å²) >= 11 is 0. The fourth-order valence-corrected chi connectivity index (χ4v) is 1.32. The van der Waals surface area contributed by atoms with E-state index in [1.807, 2.05) is 0 Å². The van der Waals surface area contributed by atoms with Crippen molar-refractivity contribution >= 4 is 0 Å². The molecule has 0 aromatic heterocycles. The third-order valence-electron chi connectivity index (χ3n) is 2.36. The lowest BCUT2D eigenvalue weighted by Crippen LogP contribution is -2.41. The first kappa shape index (κ1) is 8.87. The van der Waals surface area contributed by atoms with Crippen molar-refractivity contribution in [1.29, 1.82) is 0 Å². The van der Waals surface area contributed by atoms with E-state index in [-0.39, 0.29) is 12.0 Å². The van der Waals surface area contributed by atoms with Gasteiger partial charge in [-0.2, -0.15) is 8.78 Å². The molecule has 2 nitrogen and oxygen atoms in total. The minimum Gasteiger partial charge on any atom is -0.330 e. The van der Waals surface area contributed by atoms with Gasteiger partial charge >= 0.3 is 6.61 Å². The summed E-state index contributed by atoms with van der Waals surface area (Å²) in [5.74, 6) is 0. The van der Waals surface area contributed by atoms with Crippen LogP contribution in [0.2, 0.25) is 0 Å². The minimum atomic E-state index is -2.65. The first-order valence-electron chi connectivity index (χ1n) is 3.78. The number of hydrogen-bond donors (Lipinski definition) is 1. The summed E-state index contributed by atoms with van der Waals surface area (Å²) in [5, 5.41) is 0. The zero-order valence-electron chi connectivity index (χ0n) is 6.35. The highest BCUT2D eigenvalue weighted by Gasteiger charge is 2.36. The molecular formula is C7H13F2NO. The third kappa shape index (κ3) is 2.10. The van der Waals surface area contributed by atoms with Crippen molar-refractivity contribution in [3.8, 4) is 0 Å². The Morgan fingerprint density at radius 3 is 2.36 bits per heavy atom. The number of alkyl halides is 2. The molecule has 1 fully saturated rings. The summed E-state index contributed by atoms with van der Waals surface area (Å²) in [6.45, 7) is -2.08. The summed E-state index contributed by atoms with van der Waals surface area (Å²) in [7, 11) is 0. The molecule has 1 saturated carbocycles. The highest BCUT2D eigenvalue weighted by molar-refractivity contribution is 4.88. The van der Waals surface area contributed by atoms with Gasteiger partial charge in [-0.25, -0.2) is 0 Å². The van der Waals surface area contributed by atoms with Gasteiger partial charge in [-0.3, -0.25) is 0 Å². The molecule has 66 valence electrons. The van der Waals surface area contributed by atoms with Crippen molar-refractivity contribution in [2.24, 2.45) is 11.1 Å². The molecule has 0 aromatic carbocycles. The maximum absolute atomic E-state index is 11.6. The van der Waals surface area contributed by atoms with Crippen molar-refractivity contribution < 1.29 is 13.5 Å². The number of nitrogens with two attached hydrogens (primary N) is 1. The maximum Gasteiger partial charge on any atom is 0.345 e. The lowest BCUT2D eigenvalue weighted by molar-refractivity contribution is -0.161. The maximum atomic E-state index is 11.6. The molecule has 4 heteroatoms. The fourth-order valence-electron chi connectivity index (χ4n) is 1.32. The summed E-state index contributed by atoms with van der Waals surface area (Å²) in [4.78, 5) is 0. The van der Waals surface area contributed by atoms with E-state index in [4.69, 9.17) is 5.73 Å². The molecule has 0 saturated heterocycles. The van der Waals surface area contributed by atoms with Crippen LogP contribution in [0.4, 0.5) is 8.78 Å². The molecule has 1 rings (SSSR count). The summed E-state index contributed by atoms with van der Waals surface area (Å²) < 4.78 is 27.4. The van der Waals surface area contributed by atoms with Crippen LogP contribution in [-0.4, -0.2) is 19.8 Å². The molecule has 1 aliphatic rings. The van der Waals surface area contributed by atoms with E-state index >= 15 is 0 Å². The van der Waals surface area contributed by atoms with Crippen molar-refractivity contribution in [3.63, 3.8) is 0 Å². The summed E-state index contributed by atoms with van der Waals surface area (Å²) in [5.41, 5.74) is 5.30. The molecule has 1 aliphatic carbocycles. The molecule has 11 heavy (non-hydrogen) atoms. The lowest BCUT2D eigenvalue weighted by Gasteiger charge is -2.40. The van der Waals surface area contributed by atoms with Crippen LogP contribution in [0.15, 0.2) is 0 Å². The van der Waals surface area contributed by atoms with Crippen LogP contribution in [0.25, 0.3) is 0 Å². The van der Waals surface area contributed by atoms with Crippen LogP contribution in [0, 0.1) is 5.41 Å². The Morgan fingerprint density at radius 2 is 2.09 bits per heavy atom. The van der Waals surface area contributed by atoms with Crippen LogP contribution >= 0.6 is 0 Å². The highest BCUT2D eigenvalue weighted by Crippen LogP contribution is 2.40. The van der Waals surface area contributed by atoms with Gasteiger partial charge in [0, 0.05) is 12.0 Å². The summed E-state index contributed by atoms with van der Waals surface area (Å²) in [6, 6.07) is 0. The second-order valence-electron chi connectivity index (χ2n) is 3.13. The Labute approximate surface area is 64.7 Å². The van der Waals surface area contributed by atoms with E-state index in [9.17, 15) is 8.78 Å². The van der Waals surface area contributed by atoms with E-state index in [1.54, 1.807) is 0 Å². The molecule has 0 amide bonds. The van der Waals surface area contributed by atoms with Crippen LogP contribution in [-0.2, 0) is 4.74 Å². The molecule has 0 aromatic rings. The second kappa shape index (κ2) is 3.45. The summed E-state index contributed by atoms with van der Waals surface area (Å²) in [6.07, 6.45) is 2.94. The largest absolute Gasteiger partial charge is 0.345 e. The quantitative estimate of drug-likeness (QED) is 0.682. The smallest absolute Gasteiger partial charge is 0.330 e. The van der Waals surface area contributed by atoms with E-state index in [0.29, 0.717) is 6.54 Å². The van der Waals surface area contributed by atoms with Gasteiger partial charge in [-0.05, 0) is 12.8 Å². The Kier molecular flexibility index (Phi) is 2.78. The number of rotatable bonds is 4. The zero-order chi connectivity index (χ0) is 8.32. The first-order valence-corrected chi connectivity index (χ1v) is 3.78. The molecule has 0 radical (unpaired) electrons. The Balaban J connectivity index is 2.22. The van der Waals surface area contributed by atoms with Gasteiger partial charge in [0.25, 0.3) is 0 Å². The Bertz CT molecular complexity index is 120. The lowest BCUT2D eigenvalue weighted by atomic mass is 9.69. The van der Waals surface area contributed by atoms with E-state index in [2.05, 4.69) is 4.74 Å². The van der Waals surface area contributed by atoms with Crippen molar-refractivity contribution in [2.45, 2.75) is 25.9 Å². The van der Waals surface area contributed by atoms with Crippen molar-refractivity contribution in [2.75, 3.05) is 13.2 Å². The van der Waals surface area contributed by atoms with Gasteiger partial charge in [0.2, 0.25) is 0 Å². The molecule has 2 N–H and O–H groups in total. The normalized spacial score (nSPS) is 21.8. The van der Waals surface area contributed by atoms with Gasteiger partial charge in [0.05, 0.1) is 6.61 Å². The van der Waals surface area contributed by atoms with Gasteiger partial charge in [-0.1, -0.05) is 6.42 Å². The standard InChI is InChI=1S/C7H13F2NO/c8-6(9)11-5-7(4-10)2-1-3-7/h6H,1-5,10H2. The number of ether oxygens (including phenoxy) is 1. The Morgan fingerprint density at radius 1 is 1.45 bits per heavy atom. The third-order valence-corrected chi connectivity index (χ3v) is 2.36. The van der Waals surface area contributed by atoms with Crippen molar-refractivity contribution in [3.05, 3.63) is 0 Å². The zero-order valence-corrected chi connectivity index (χ0v) is 6.35. The second-order valence-corrected chi connectivity index (χ2v) is 3.13. The van der Waals surface area contributed by atoms with Crippen LogP contribution in [0.5, 0.6) is 0 Å². The van der Waals surface area contributed by atoms with E-state index in [1.165, 1.54) is 0 Å². The minimum absolute atomic E-state index is 0.112. The average Bonchev–Trinajstić information content (AvgIpc) is 1.86. The molecule has 0 aliphatic heterocycles. The van der Waals surface area contributed by atoms with Crippen molar-refractivity contribution in [1.82, 2.24) is 0 Å². The predicted molar refractivity (Wildman–Crippen MR) is 37.3 cm³/mol. The van der Waals surface area contributed by atoms with Gasteiger partial charge in [-0.15, -0.1) is 0 Å². The predicted octanol–water partition coefficient (Wildman–Crippen LogP) is 1.35. The molecular weight excluding hydrogens is 152 g/mol. The highest BCUT2D eigenvalue weighted by atomic mass is 19.3. The van der Waals surface area contributed by atoms with Gasteiger partial charge in [0.1, 0.15) is 0 Å².